The largest absolute Gasteiger partial charge is 0.368 e. The van der Waals surface area contributed by atoms with E-state index >= 15 is 0 Å². The first-order valence-electron chi connectivity index (χ1n) is 9.84. The molecule has 2 heterocycles. The smallest absolute Gasteiger partial charge is 0.254 e. The molecule has 2 fully saturated rings. The molecule has 1 saturated carbocycles. The number of nitrogens with zero attached hydrogens (tertiary/aromatic N) is 3. The van der Waals surface area contributed by atoms with Crippen molar-refractivity contribution in [3.05, 3.63) is 42.2 Å². The Hall–Kier alpha value is -2.63. The lowest BCUT2D eigenvalue weighted by molar-refractivity contribution is -0.118. The summed E-state index contributed by atoms with van der Waals surface area (Å²) in [6.45, 7) is 0.921. The molecule has 2 aliphatic rings. The van der Waals surface area contributed by atoms with Crippen molar-refractivity contribution in [1.29, 1.82) is 0 Å². The normalized spacial score (nSPS) is 22.3. The first kappa shape index (κ1) is 17.8. The quantitative estimate of drug-likeness (QED) is 0.903. The maximum absolute atomic E-state index is 13.3. The number of nitrogens with two attached hydrogens (primary N) is 1. The lowest BCUT2D eigenvalue weighted by Gasteiger charge is -2.44. The van der Waals surface area contributed by atoms with E-state index in [4.69, 9.17) is 5.73 Å². The SMILES string of the molecule is NC(=O)Cn1ccnc1-c1cccc(C(=O)N2CCCC3CCCCC32)c1. The van der Waals surface area contributed by atoms with Crippen LogP contribution in [0.25, 0.3) is 11.4 Å². The van der Waals surface area contributed by atoms with Gasteiger partial charge in [-0.1, -0.05) is 25.0 Å². The third kappa shape index (κ3) is 3.61. The van der Waals surface area contributed by atoms with Gasteiger partial charge in [0.05, 0.1) is 0 Å². The van der Waals surface area contributed by atoms with E-state index in [1.807, 2.05) is 24.3 Å². The molecule has 1 saturated heterocycles. The number of likely N-dealkylation sites (tertiary alicyclic amines) is 1. The summed E-state index contributed by atoms with van der Waals surface area (Å²) in [5.74, 6) is 1.01. The first-order chi connectivity index (χ1) is 13.1. The monoisotopic (exact) mass is 366 g/mol. The Labute approximate surface area is 159 Å². The van der Waals surface area contributed by atoms with Crippen LogP contribution >= 0.6 is 0 Å². The Balaban J connectivity index is 1.60. The van der Waals surface area contributed by atoms with Crippen molar-refractivity contribution in [2.24, 2.45) is 11.7 Å². The average Bonchev–Trinajstić information content (AvgIpc) is 3.14. The lowest BCUT2D eigenvalue weighted by Crippen LogP contribution is -2.49. The van der Waals surface area contributed by atoms with Crippen molar-refractivity contribution in [3.8, 4) is 11.4 Å². The maximum Gasteiger partial charge on any atom is 0.254 e. The van der Waals surface area contributed by atoms with Crippen LogP contribution in [0, 0.1) is 5.92 Å². The molecule has 2 amide bonds. The number of primary amides is 1. The molecule has 6 heteroatoms. The van der Waals surface area contributed by atoms with E-state index in [9.17, 15) is 9.59 Å². The van der Waals surface area contributed by atoms with Crippen molar-refractivity contribution in [1.82, 2.24) is 14.5 Å². The Kier molecular flexibility index (Phi) is 4.97. The number of benzene rings is 1. The fourth-order valence-electron chi connectivity index (χ4n) is 4.70. The molecule has 1 aromatic carbocycles. The van der Waals surface area contributed by atoms with Gasteiger partial charge in [0.2, 0.25) is 5.91 Å². The second-order valence-electron chi connectivity index (χ2n) is 7.68. The summed E-state index contributed by atoms with van der Waals surface area (Å²) in [5.41, 5.74) is 6.83. The average molecular weight is 366 g/mol. The molecule has 1 aromatic heterocycles. The van der Waals surface area contributed by atoms with Gasteiger partial charge >= 0.3 is 0 Å². The Morgan fingerprint density at radius 1 is 1.15 bits per heavy atom. The molecule has 1 aliphatic carbocycles. The highest BCUT2D eigenvalue weighted by Gasteiger charge is 2.36. The van der Waals surface area contributed by atoms with E-state index in [1.165, 1.54) is 25.7 Å². The molecule has 2 aromatic rings. The summed E-state index contributed by atoms with van der Waals surface area (Å²) in [5, 5.41) is 0. The van der Waals surface area contributed by atoms with E-state index in [0.717, 1.165) is 24.9 Å². The van der Waals surface area contributed by atoms with Gasteiger partial charge in [-0.2, -0.15) is 0 Å². The van der Waals surface area contributed by atoms with Gasteiger partial charge in [0.1, 0.15) is 12.4 Å². The van der Waals surface area contributed by atoms with Gasteiger partial charge in [-0.3, -0.25) is 9.59 Å². The van der Waals surface area contributed by atoms with Crippen LogP contribution in [0.2, 0.25) is 0 Å². The van der Waals surface area contributed by atoms with E-state index in [0.29, 0.717) is 23.3 Å². The van der Waals surface area contributed by atoms with Crippen molar-refractivity contribution < 1.29 is 9.59 Å². The molecule has 6 nitrogen and oxygen atoms in total. The van der Waals surface area contributed by atoms with E-state index < -0.39 is 5.91 Å². The summed E-state index contributed by atoms with van der Waals surface area (Å²) in [7, 11) is 0. The minimum Gasteiger partial charge on any atom is -0.368 e. The fourth-order valence-corrected chi connectivity index (χ4v) is 4.70. The van der Waals surface area contributed by atoms with Crippen LogP contribution in [0.4, 0.5) is 0 Å². The molecule has 2 atom stereocenters. The van der Waals surface area contributed by atoms with Crippen LogP contribution in [0.15, 0.2) is 36.7 Å². The van der Waals surface area contributed by atoms with Gasteiger partial charge in [0.15, 0.2) is 0 Å². The molecule has 27 heavy (non-hydrogen) atoms. The number of carbonyl (C=O) groups excluding carboxylic acids is 2. The van der Waals surface area contributed by atoms with Gasteiger partial charge in [0.25, 0.3) is 5.91 Å². The molecule has 0 bridgehead atoms. The summed E-state index contributed by atoms with van der Waals surface area (Å²) in [6, 6.07) is 7.94. The van der Waals surface area contributed by atoms with Crippen LogP contribution in [-0.2, 0) is 11.3 Å². The molecule has 0 radical (unpaired) electrons. The molecule has 0 spiro atoms. The number of imidazole rings is 1. The van der Waals surface area contributed by atoms with Crippen LogP contribution in [0.1, 0.15) is 48.9 Å². The third-order valence-corrected chi connectivity index (χ3v) is 5.91. The van der Waals surface area contributed by atoms with Crippen molar-refractivity contribution in [2.45, 2.75) is 51.1 Å². The number of amides is 2. The van der Waals surface area contributed by atoms with Gasteiger partial charge in [-0.25, -0.2) is 4.98 Å². The Bertz CT molecular complexity index is 842. The van der Waals surface area contributed by atoms with Crippen LogP contribution in [0.5, 0.6) is 0 Å². The van der Waals surface area contributed by atoms with Gasteiger partial charge in [-0.05, 0) is 43.7 Å². The minimum atomic E-state index is -0.418. The highest BCUT2D eigenvalue weighted by atomic mass is 16.2. The number of aromatic nitrogens is 2. The van der Waals surface area contributed by atoms with Gasteiger partial charge in [-0.15, -0.1) is 0 Å². The second-order valence-corrected chi connectivity index (χ2v) is 7.68. The zero-order valence-corrected chi connectivity index (χ0v) is 15.5. The highest BCUT2D eigenvalue weighted by Crippen LogP contribution is 2.36. The van der Waals surface area contributed by atoms with Gasteiger partial charge < -0.3 is 15.2 Å². The van der Waals surface area contributed by atoms with Crippen molar-refractivity contribution >= 4 is 11.8 Å². The highest BCUT2D eigenvalue weighted by molar-refractivity contribution is 5.95. The fraction of sp³-hybridized carbons (Fsp3) is 0.476. The number of rotatable bonds is 4. The molecular weight excluding hydrogens is 340 g/mol. The molecule has 142 valence electrons. The lowest BCUT2D eigenvalue weighted by atomic mass is 9.78. The number of carbonyl (C=O) groups is 2. The van der Waals surface area contributed by atoms with E-state index in [1.54, 1.807) is 17.0 Å². The molecule has 2 unspecified atom stereocenters. The summed E-state index contributed by atoms with van der Waals surface area (Å²) >= 11 is 0. The maximum atomic E-state index is 13.3. The predicted octanol–water partition coefficient (Wildman–Crippen LogP) is 2.83. The Morgan fingerprint density at radius 2 is 1.96 bits per heavy atom. The first-order valence-corrected chi connectivity index (χ1v) is 9.84. The summed E-state index contributed by atoms with van der Waals surface area (Å²) in [6.07, 6.45) is 10.6. The van der Waals surface area contributed by atoms with Crippen LogP contribution in [-0.4, -0.2) is 38.9 Å². The zero-order valence-electron chi connectivity index (χ0n) is 15.5. The molecule has 4 rings (SSSR count). The van der Waals surface area contributed by atoms with Gasteiger partial charge in [0, 0.05) is 36.1 Å². The van der Waals surface area contributed by atoms with Crippen molar-refractivity contribution in [2.75, 3.05) is 6.54 Å². The van der Waals surface area contributed by atoms with E-state index in [-0.39, 0.29) is 12.5 Å². The van der Waals surface area contributed by atoms with Crippen LogP contribution < -0.4 is 5.73 Å². The summed E-state index contributed by atoms with van der Waals surface area (Å²) in [4.78, 5) is 31.0. The molecule has 2 N–H and O–H groups in total. The van der Waals surface area contributed by atoms with Crippen LogP contribution in [0.3, 0.4) is 0 Å². The number of hydrogen-bond donors (Lipinski definition) is 1. The van der Waals surface area contributed by atoms with E-state index in [2.05, 4.69) is 9.88 Å². The second kappa shape index (κ2) is 7.55. The zero-order chi connectivity index (χ0) is 18.8. The number of fused-ring (bicyclic) bond motifs is 1. The summed E-state index contributed by atoms with van der Waals surface area (Å²) < 4.78 is 1.71. The standard InChI is InChI=1S/C21H26N4O2/c22-19(26)14-24-12-10-23-20(24)16-6-3-7-17(13-16)21(27)25-11-4-8-15-5-1-2-9-18(15)25/h3,6-7,10,12-13,15,18H,1-2,4-5,8-9,11,14H2,(H2,22,26). The third-order valence-electron chi connectivity index (χ3n) is 5.91. The Morgan fingerprint density at radius 3 is 2.81 bits per heavy atom. The minimum absolute atomic E-state index is 0.0728. The number of hydrogen-bond acceptors (Lipinski definition) is 3. The topological polar surface area (TPSA) is 81.2 Å². The number of piperidine rings is 1. The van der Waals surface area contributed by atoms with Crippen molar-refractivity contribution in [3.63, 3.8) is 0 Å². The predicted molar refractivity (Wildman–Crippen MR) is 103 cm³/mol. The molecular formula is C21H26N4O2. The molecule has 1 aliphatic heterocycles.